The average Bonchev–Trinajstić information content (AvgIpc) is 2.67. The summed E-state index contributed by atoms with van der Waals surface area (Å²) in [6, 6.07) is 17.1. The van der Waals surface area contributed by atoms with Gasteiger partial charge in [0.15, 0.2) is 0 Å². The van der Waals surface area contributed by atoms with E-state index in [1.807, 2.05) is 32.0 Å². The topological polar surface area (TPSA) is 75.3 Å². The van der Waals surface area contributed by atoms with Crippen LogP contribution in [-0.4, -0.2) is 14.3 Å². The molecular formula is C22H21FN2O3S. The maximum absolute atomic E-state index is 13.7. The van der Waals surface area contributed by atoms with Crippen LogP contribution in [0.1, 0.15) is 16.7 Å². The van der Waals surface area contributed by atoms with Crippen molar-refractivity contribution < 1.29 is 17.6 Å². The number of hydrogen-bond acceptors (Lipinski definition) is 3. The van der Waals surface area contributed by atoms with Gasteiger partial charge in [-0.1, -0.05) is 30.3 Å². The van der Waals surface area contributed by atoms with E-state index in [4.69, 9.17) is 0 Å². The maximum Gasteiger partial charge on any atom is 0.261 e. The maximum atomic E-state index is 13.7. The van der Waals surface area contributed by atoms with Crippen LogP contribution >= 0.6 is 0 Å². The van der Waals surface area contributed by atoms with E-state index in [2.05, 4.69) is 10.0 Å². The van der Waals surface area contributed by atoms with Crippen LogP contribution in [0.15, 0.2) is 71.6 Å². The smallest absolute Gasteiger partial charge is 0.261 e. The minimum Gasteiger partial charge on any atom is -0.326 e. The molecule has 0 spiro atoms. The second-order valence-corrected chi connectivity index (χ2v) is 8.44. The number of nitrogens with one attached hydrogen (secondary N) is 2. The van der Waals surface area contributed by atoms with Crippen molar-refractivity contribution in [2.24, 2.45) is 0 Å². The molecule has 5 nitrogen and oxygen atoms in total. The van der Waals surface area contributed by atoms with E-state index in [0.29, 0.717) is 5.69 Å². The van der Waals surface area contributed by atoms with Crippen molar-refractivity contribution in [3.05, 3.63) is 89.2 Å². The molecule has 7 heteroatoms. The van der Waals surface area contributed by atoms with Gasteiger partial charge in [-0.25, -0.2) is 12.8 Å². The Morgan fingerprint density at radius 2 is 1.62 bits per heavy atom. The molecule has 1 amide bonds. The van der Waals surface area contributed by atoms with Gasteiger partial charge in [0.2, 0.25) is 5.91 Å². The van der Waals surface area contributed by atoms with Crippen LogP contribution in [0.3, 0.4) is 0 Å². The number of sulfonamides is 1. The van der Waals surface area contributed by atoms with Crippen LogP contribution in [0.2, 0.25) is 0 Å². The Morgan fingerprint density at radius 1 is 0.931 bits per heavy atom. The van der Waals surface area contributed by atoms with Crippen molar-refractivity contribution >= 4 is 27.3 Å². The van der Waals surface area contributed by atoms with Crippen LogP contribution in [0.5, 0.6) is 0 Å². The largest absolute Gasteiger partial charge is 0.326 e. The van der Waals surface area contributed by atoms with Crippen LogP contribution in [-0.2, 0) is 21.2 Å². The molecule has 0 atom stereocenters. The zero-order chi connectivity index (χ0) is 21.0. The molecule has 0 radical (unpaired) electrons. The number of carbonyl (C=O) groups excluding carboxylic acids is 1. The fourth-order valence-corrected chi connectivity index (χ4v) is 3.84. The second-order valence-electron chi connectivity index (χ2n) is 6.75. The Kier molecular flexibility index (Phi) is 5.98. The number of hydrogen-bond donors (Lipinski definition) is 2. The fourth-order valence-electron chi connectivity index (χ4n) is 2.77. The summed E-state index contributed by atoms with van der Waals surface area (Å²) in [5, 5.41) is 2.75. The molecule has 3 aromatic rings. The Balaban J connectivity index is 1.67. The van der Waals surface area contributed by atoms with E-state index in [-0.39, 0.29) is 22.9 Å². The molecule has 3 aromatic carbocycles. The van der Waals surface area contributed by atoms with Crippen LogP contribution in [0, 0.1) is 19.7 Å². The highest BCUT2D eigenvalue weighted by molar-refractivity contribution is 7.92. The third-order valence-electron chi connectivity index (χ3n) is 4.50. The summed E-state index contributed by atoms with van der Waals surface area (Å²) in [5.41, 5.74) is 3.53. The number of anilines is 2. The van der Waals surface area contributed by atoms with Gasteiger partial charge in [0.1, 0.15) is 5.82 Å². The van der Waals surface area contributed by atoms with E-state index in [9.17, 15) is 17.6 Å². The van der Waals surface area contributed by atoms with Gasteiger partial charge >= 0.3 is 0 Å². The van der Waals surface area contributed by atoms with Gasteiger partial charge in [0.05, 0.1) is 17.0 Å². The molecule has 150 valence electrons. The van der Waals surface area contributed by atoms with Crippen molar-refractivity contribution in [3.8, 4) is 0 Å². The Hall–Kier alpha value is -3.19. The molecule has 0 aliphatic rings. The summed E-state index contributed by atoms with van der Waals surface area (Å²) in [5.74, 6) is -0.861. The minimum atomic E-state index is -3.94. The van der Waals surface area contributed by atoms with Crippen LogP contribution in [0.4, 0.5) is 15.8 Å². The van der Waals surface area contributed by atoms with E-state index < -0.39 is 15.8 Å². The number of benzene rings is 3. The number of halogens is 1. The lowest BCUT2D eigenvalue weighted by molar-refractivity contribution is -0.115. The molecule has 0 aliphatic heterocycles. The van der Waals surface area contributed by atoms with E-state index in [1.165, 1.54) is 48.5 Å². The molecule has 0 aliphatic carbocycles. The van der Waals surface area contributed by atoms with Gasteiger partial charge in [-0.05, 0) is 66.9 Å². The quantitative estimate of drug-likeness (QED) is 0.629. The van der Waals surface area contributed by atoms with E-state index in [1.54, 1.807) is 0 Å². The first-order chi connectivity index (χ1) is 13.7. The third-order valence-corrected chi connectivity index (χ3v) is 5.88. The molecule has 0 fully saturated rings. The van der Waals surface area contributed by atoms with Crippen molar-refractivity contribution in [3.63, 3.8) is 0 Å². The van der Waals surface area contributed by atoms with Gasteiger partial charge in [-0.15, -0.1) is 0 Å². The van der Waals surface area contributed by atoms with Gasteiger partial charge in [-0.2, -0.15) is 0 Å². The predicted molar refractivity (Wildman–Crippen MR) is 112 cm³/mol. The molecule has 2 N–H and O–H groups in total. The normalized spacial score (nSPS) is 11.1. The summed E-state index contributed by atoms with van der Waals surface area (Å²) in [4.78, 5) is 12.2. The van der Waals surface area contributed by atoms with Crippen LogP contribution in [0.25, 0.3) is 0 Å². The summed E-state index contributed by atoms with van der Waals surface area (Å²) in [6.07, 6.45) is 0.218. The highest BCUT2D eigenvalue weighted by Gasteiger charge is 2.16. The number of aryl methyl sites for hydroxylation is 2. The summed E-state index contributed by atoms with van der Waals surface area (Å²) in [7, 11) is -3.94. The second kappa shape index (κ2) is 8.45. The van der Waals surface area contributed by atoms with E-state index in [0.717, 1.165) is 16.7 Å². The number of rotatable bonds is 6. The molecule has 0 saturated carbocycles. The molecule has 3 rings (SSSR count). The zero-order valence-electron chi connectivity index (χ0n) is 16.1. The molecular weight excluding hydrogens is 391 g/mol. The molecule has 0 saturated heterocycles. The number of para-hydroxylation sites is 1. The minimum absolute atomic E-state index is 0.0343. The van der Waals surface area contributed by atoms with Gasteiger partial charge < -0.3 is 5.32 Å². The first-order valence-electron chi connectivity index (χ1n) is 8.98. The lowest BCUT2D eigenvalue weighted by Crippen LogP contribution is -2.16. The predicted octanol–water partition coefficient (Wildman–Crippen LogP) is 4.42. The average molecular weight is 412 g/mol. The Labute approximate surface area is 169 Å². The lowest BCUT2D eigenvalue weighted by atomic mass is 10.0. The first-order valence-corrected chi connectivity index (χ1v) is 10.5. The summed E-state index contributed by atoms with van der Waals surface area (Å²) >= 11 is 0. The van der Waals surface area contributed by atoms with E-state index >= 15 is 0 Å². The molecule has 29 heavy (non-hydrogen) atoms. The SMILES string of the molecule is Cc1ccc(CC(=O)Nc2ccc(S(=O)(=O)Nc3ccccc3F)cc2)cc1C. The Morgan fingerprint density at radius 3 is 2.28 bits per heavy atom. The third kappa shape index (κ3) is 5.20. The monoisotopic (exact) mass is 412 g/mol. The first kappa shape index (κ1) is 20.5. The van der Waals surface area contributed by atoms with Crippen molar-refractivity contribution in [1.29, 1.82) is 0 Å². The fraction of sp³-hybridized carbons (Fsp3) is 0.136. The zero-order valence-corrected chi connectivity index (χ0v) is 16.9. The molecule has 0 heterocycles. The van der Waals surface area contributed by atoms with Crippen molar-refractivity contribution in [1.82, 2.24) is 0 Å². The molecule has 0 unspecified atom stereocenters. The molecule has 0 bridgehead atoms. The standard InChI is InChI=1S/C22H21FN2O3S/c1-15-7-8-17(13-16(15)2)14-22(26)24-18-9-11-19(12-10-18)29(27,28)25-21-6-4-3-5-20(21)23/h3-13,25H,14H2,1-2H3,(H,24,26). The molecule has 0 aromatic heterocycles. The lowest BCUT2D eigenvalue weighted by Gasteiger charge is -2.10. The highest BCUT2D eigenvalue weighted by atomic mass is 32.2. The van der Waals surface area contributed by atoms with Crippen molar-refractivity contribution in [2.75, 3.05) is 10.0 Å². The van der Waals surface area contributed by atoms with Crippen molar-refractivity contribution in [2.45, 2.75) is 25.2 Å². The number of amides is 1. The van der Waals surface area contributed by atoms with Gasteiger partial charge in [0.25, 0.3) is 10.0 Å². The summed E-state index contributed by atoms with van der Waals surface area (Å²) < 4.78 is 40.8. The van der Waals surface area contributed by atoms with Gasteiger partial charge in [0, 0.05) is 5.69 Å². The Bertz CT molecular complexity index is 1140. The van der Waals surface area contributed by atoms with Gasteiger partial charge in [-0.3, -0.25) is 9.52 Å². The number of carbonyl (C=O) groups is 1. The van der Waals surface area contributed by atoms with Crippen LogP contribution < -0.4 is 10.0 Å². The summed E-state index contributed by atoms with van der Waals surface area (Å²) in [6.45, 7) is 4.00. The highest BCUT2D eigenvalue weighted by Crippen LogP contribution is 2.20.